The average molecular weight is 401 g/mol. The minimum Gasteiger partial charge on any atom is -0.395 e. The number of nitrogens with one attached hydrogen (secondary N) is 1. The molecule has 4 nitrogen and oxygen atoms in total. The second-order valence-electron chi connectivity index (χ2n) is 3.82. The molecule has 0 bridgehead atoms. The van der Waals surface area contributed by atoms with Crippen molar-refractivity contribution in [1.29, 1.82) is 0 Å². The van der Waals surface area contributed by atoms with Crippen molar-refractivity contribution in [3.8, 4) is 0 Å². The predicted molar refractivity (Wildman–Crippen MR) is 83.3 cm³/mol. The molecule has 0 aliphatic rings. The lowest BCUT2D eigenvalue weighted by Crippen LogP contribution is -2.41. The van der Waals surface area contributed by atoms with Gasteiger partial charge in [0.25, 0.3) is 0 Å². The number of rotatable bonds is 6. The topological polar surface area (TPSA) is 66.4 Å². The first-order chi connectivity index (χ1) is 8.40. The zero-order chi connectivity index (χ0) is 13.8. The van der Waals surface area contributed by atoms with Crippen LogP contribution in [0.3, 0.4) is 0 Å². The van der Waals surface area contributed by atoms with Gasteiger partial charge in [0, 0.05) is 14.9 Å². The zero-order valence-corrected chi connectivity index (χ0v) is 13.9. The van der Waals surface area contributed by atoms with E-state index in [2.05, 4.69) is 27.3 Å². The summed E-state index contributed by atoms with van der Waals surface area (Å²) in [5.41, 5.74) is 0. The monoisotopic (exact) mass is 401 g/mol. The van der Waals surface area contributed by atoms with Crippen molar-refractivity contribution >= 4 is 44.4 Å². The molecule has 18 heavy (non-hydrogen) atoms. The Hall–Kier alpha value is 0.170. The van der Waals surface area contributed by atoms with E-state index >= 15 is 0 Å². The first-order valence-corrected chi connectivity index (χ1v) is 9.17. The van der Waals surface area contributed by atoms with E-state index in [9.17, 15) is 8.42 Å². The Kier molecular flexibility index (Phi) is 6.39. The molecule has 0 aliphatic carbocycles. The minimum absolute atomic E-state index is 0.0580. The van der Waals surface area contributed by atoms with E-state index in [0.29, 0.717) is 0 Å². The van der Waals surface area contributed by atoms with Gasteiger partial charge in [-0.05, 0) is 60.0 Å². The molecule has 1 rings (SSSR count). The molecule has 0 spiro atoms. The molecule has 0 amide bonds. The van der Waals surface area contributed by atoms with Crippen molar-refractivity contribution in [2.24, 2.45) is 0 Å². The van der Waals surface area contributed by atoms with Gasteiger partial charge in [0.15, 0.2) is 0 Å². The fourth-order valence-electron chi connectivity index (χ4n) is 1.44. The Morgan fingerprint density at radius 2 is 1.94 bits per heavy atom. The van der Waals surface area contributed by atoms with E-state index < -0.39 is 10.0 Å². The highest BCUT2D eigenvalue weighted by Crippen LogP contribution is 2.15. The third kappa shape index (κ3) is 4.37. The van der Waals surface area contributed by atoms with E-state index in [0.717, 1.165) is 3.57 Å². The van der Waals surface area contributed by atoms with Crippen LogP contribution in [-0.2, 0) is 10.0 Å². The van der Waals surface area contributed by atoms with Crippen LogP contribution in [0.15, 0.2) is 29.2 Å². The van der Waals surface area contributed by atoms with Gasteiger partial charge in [-0.1, -0.05) is 0 Å². The largest absolute Gasteiger partial charge is 0.395 e. The van der Waals surface area contributed by atoms with Crippen molar-refractivity contribution in [3.63, 3.8) is 0 Å². The molecule has 7 heteroatoms. The summed E-state index contributed by atoms with van der Waals surface area (Å²) >= 11 is 3.56. The molecule has 0 radical (unpaired) electrons. The van der Waals surface area contributed by atoms with E-state index in [1.54, 1.807) is 31.2 Å². The number of thioether (sulfide) groups is 1. The van der Waals surface area contributed by atoms with Crippen molar-refractivity contribution in [2.75, 3.05) is 12.9 Å². The van der Waals surface area contributed by atoms with E-state index in [1.807, 2.05) is 6.26 Å². The van der Waals surface area contributed by atoms with Crippen LogP contribution in [0.5, 0.6) is 0 Å². The van der Waals surface area contributed by atoms with Gasteiger partial charge in [-0.2, -0.15) is 11.8 Å². The Morgan fingerprint density at radius 3 is 2.39 bits per heavy atom. The maximum absolute atomic E-state index is 12.1. The van der Waals surface area contributed by atoms with Gasteiger partial charge in [-0.15, -0.1) is 0 Å². The minimum atomic E-state index is -3.52. The number of aliphatic hydroxyl groups excluding tert-OH is 1. The van der Waals surface area contributed by atoms with Crippen LogP contribution in [0.2, 0.25) is 0 Å². The average Bonchev–Trinajstić information content (AvgIpc) is 2.30. The van der Waals surface area contributed by atoms with Gasteiger partial charge < -0.3 is 5.11 Å². The van der Waals surface area contributed by atoms with Crippen molar-refractivity contribution < 1.29 is 13.5 Å². The lowest BCUT2D eigenvalue weighted by Gasteiger charge is -2.21. The van der Waals surface area contributed by atoms with Crippen LogP contribution in [-0.4, -0.2) is 37.7 Å². The van der Waals surface area contributed by atoms with E-state index in [1.165, 1.54) is 11.8 Å². The number of benzene rings is 1. The highest BCUT2D eigenvalue weighted by atomic mass is 127. The Labute approximate surface area is 126 Å². The van der Waals surface area contributed by atoms with Gasteiger partial charge >= 0.3 is 0 Å². The van der Waals surface area contributed by atoms with Crippen LogP contribution < -0.4 is 4.72 Å². The summed E-state index contributed by atoms with van der Waals surface area (Å²) in [5, 5.41) is 8.99. The van der Waals surface area contributed by atoms with Gasteiger partial charge in [0.1, 0.15) is 0 Å². The van der Waals surface area contributed by atoms with Crippen LogP contribution >= 0.6 is 34.4 Å². The van der Waals surface area contributed by atoms with Gasteiger partial charge in [-0.3, -0.25) is 0 Å². The number of hydrogen-bond donors (Lipinski definition) is 2. The van der Waals surface area contributed by atoms with Crippen molar-refractivity contribution in [1.82, 2.24) is 4.72 Å². The fourth-order valence-corrected chi connectivity index (χ4v) is 3.79. The molecule has 2 N–H and O–H groups in total. The lowest BCUT2D eigenvalue weighted by molar-refractivity contribution is 0.282. The Morgan fingerprint density at radius 1 is 1.39 bits per heavy atom. The molecule has 0 heterocycles. The molecule has 0 fully saturated rings. The smallest absolute Gasteiger partial charge is 0.240 e. The summed E-state index contributed by atoms with van der Waals surface area (Å²) in [6.07, 6.45) is 1.84. The van der Waals surface area contributed by atoms with Gasteiger partial charge in [0.05, 0.1) is 11.5 Å². The predicted octanol–water partition coefficient (Wildman–Crippen LogP) is 1.68. The van der Waals surface area contributed by atoms with E-state index in [-0.39, 0.29) is 22.8 Å². The first kappa shape index (κ1) is 16.2. The molecular weight excluding hydrogens is 385 g/mol. The number of aliphatic hydroxyl groups is 1. The molecule has 1 aromatic rings. The van der Waals surface area contributed by atoms with Crippen LogP contribution in [0.1, 0.15) is 6.92 Å². The van der Waals surface area contributed by atoms with Crippen LogP contribution in [0.4, 0.5) is 0 Å². The van der Waals surface area contributed by atoms with Crippen molar-refractivity contribution in [3.05, 3.63) is 27.8 Å². The third-order valence-corrected chi connectivity index (χ3v) is 5.96. The molecule has 0 aromatic heterocycles. The molecule has 102 valence electrons. The normalized spacial score (nSPS) is 15.3. The summed E-state index contributed by atoms with van der Waals surface area (Å²) in [7, 11) is -3.52. The molecule has 2 unspecified atom stereocenters. The van der Waals surface area contributed by atoms with Gasteiger partial charge in [-0.25, -0.2) is 13.1 Å². The van der Waals surface area contributed by atoms with E-state index in [4.69, 9.17) is 5.11 Å². The summed E-state index contributed by atoms with van der Waals surface area (Å²) in [4.78, 5) is 0.243. The summed E-state index contributed by atoms with van der Waals surface area (Å²) in [6.45, 7) is 1.69. The highest BCUT2D eigenvalue weighted by Gasteiger charge is 2.22. The summed E-state index contributed by atoms with van der Waals surface area (Å²) in [5.74, 6) is 0. The van der Waals surface area contributed by atoms with Crippen molar-refractivity contribution in [2.45, 2.75) is 23.1 Å². The molecule has 0 saturated carbocycles. The SMILES string of the molecule is CSC(CO)C(C)NS(=O)(=O)c1ccc(I)cc1. The quantitative estimate of drug-likeness (QED) is 0.712. The van der Waals surface area contributed by atoms with Crippen LogP contribution in [0.25, 0.3) is 0 Å². The zero-order valence-electron chi connectivity index (χ0n) is 10.1. The second-order valence-corrected chi connectivity index (χ2v) is 7.86. The van der Waals surface area contributed by atoms with Crippen LogP contribution in [0, 0.1) is 3.57 Å². The molecule has 2 atom stereocenters. The first-order valence-electron chi connectivity index (χ1n) is 5.32. The molecule has 0 saturated heterocycles. The fraction of sp³-hybridized carbons (Fsp3) is 0.455. The van der Waals surface area contributed by atoms with Gasteiger partial charge in [0.2, 0.25) is 10.0 Å². The highest BCUT2D eigenvalue weighted by molar-refractivity contribution is 14.1. The second kappa shape index (κ2) is 7.09. The lowest BCUT2D eigenvalue weighted by atomic mass is 10.3. The summed E-state index contributed by atoms with van der Waals surface area (Å²) < 4.78 is 27.7. The number of hydrogen-bond acceptors (Lipinski definition) is 4. The maximum atomic E-state index is 12.1. The molecular formula is C11H16INO3S2. The number of sulfonamides is 1. The standard InChI is InChI=1S/C11H16INO3S2/c1-8(11(7-14)17-2)13-18(15,16)10-5-3-9(12)4-6-10/h3-6,8,11,13-14H,7H2,1-2H3. The number of halogens is 1. The maximum Gasteiger partial charge on any atom is 0.240 e. The third-order valence-electron chi connectivity index (χ3n) is 2.51. The molecule has 1 aromatic carbocycles. The summed E-state index contributed by atoms with van der Waals surface area (Å²) in [6, 6.07) is 6.32. The molecule has 0 aliphatic heterocycles. The Balaban J connectivity index is 2.85. The Bertz CT molecular complexity index is 472.